The number of carbonyl (C=O) groups excluding carboxylic acids is 1. The number of pyridine rings is 1. The minimum absolute atomic E-state index is 0.360. The number of methoxy groups -OCH3 is 1. The molecule has 1 aromatic rings. The fourth-order valence-corrected chi connectivity index (χ4v) is 1.89. The lowest BCUT2D eigenvalue weighted by molar-refractivity contribution is -0.134. The first-order valence-corrected chi connectivity index (χ1v) is 6.50. The van der Waals surface area contributed by atoms with E-state index in [2.05, 4.69) is 26.2 Å². The summed E-state index contributed by atoms with van der Waals surface area (Å²) < 4.78 is 5.55. The van der Waals surface area contributed by atoms with Crippen LogP contribution in [-0.4, -0.2) is 28.7 Å². The lowest BCUT2D eigenvalue weighted by atomic mass is 9.96. The Kier molecular flexibility index (Phi) is 5.10. The third kappa shape index (κ3) is 3.43. The number of carbonyl (C=O) groups is 1. The first-order chi connectivity index (χ1) is 8.45. The van der Waals surface area contributed by atoms with Crippen LogP contribution < -0.4 is 10.1 Å². The number of aromatic nitrogens is 1. The number of nitrogens with zero attached hydrogens (tertiary/aromatic N) is 1. The van der Waals surface area contributed by atoms with Crippen molar-refractivity contribution in [3.63, 3.8) is 0 Å². The van der Waals surface area contributed by atoms with Crippen molar-refractivity contribution in [2.45, 2.75) is 32.3 Å². The fourth-order valence-electron chi connectivity index (χ4n) is 1.47. The summed E-state index contributed by atoms with van der Waals surface area (Å²) in [6.07, 6.45) is 0.720. The molecule has 1 heterocycles. The molecular formula is C12H17BrN2O3. The molecule has 100 valence electrons. The predicted octanol–water partition coefficient (Wildman–Crippen LogP) is 2.34. The van der Waals surface area contributed by atoms with Crippen molar-refractivity contribution in [3.05, 3.63) is 16.7 Å². The first-order valence-electron chi connectivity index (χ1n) is 5.70. The smallest absolute Gasteiger partial charge is 0.256 e. The molecule has 0 bridgehead atoms. The zero-order valence-electron chi connectivity index (χ0n) is 10.7. The Hall–Kier alpha value is -1.14. The van der Waals surface area contributed by atoms with Gasteiger partial charge in [-0.05, 0) is 34.8 Å². The summed E-state index contributed by atoms with van der Waals surface area (Å²) in [7, 11) is 1.49. The maximum absolute atomic E-state index is 12.0. The van der Waals surface area contributed by atoms with Crippen LogP contribution in [0.5, 0.6) is 5.88 Å². The summed E-state index contributed by atoms with van der Waals surface area (Å²) >= 11 is 3.22. The van der Waals surface area contributed by atoms with E-state index < -0.39 is 11.5 Å². The van der Waals surface area contributed by atoms with Gasteiger partial charge in [0.05, 0.1) is 7.11 Å². The van der Waals surface area contributed by atoms with E-state index in [9.17, 15) is 9.90 Å². The van der Waals surface area contributed by atoms with Crippen molar-refractivity contribution in [1.29, 1.82) is 0 Å². The number of nitrogens with one attached hydrogen (secondary N) is 1. The van der Waals surface area contributed by atoms with Crippen LogP contribution in [0.3, 0.4) is 0 Å². The second-order valence-corrected chi connectivity index (χ2v) is 4.73. The zero-order valence-corrected chi connectivity index (χ0v) is 12.2. The molecule has 0 saturated heterocycles. The van der Waals surface area contributed by atoms with Crippen molar-refractivity contribution >= 4 is 27.5 Å². The van der Waals surface area contributed by atoms with Crippen LogP contribution in [0, 0.1) is 0 Å². The van der Waals surface area contributed by atoms with Crippen LogP contribution in [0.15, 0.2) is 16.7 Å². The molecule has 5 nitrogen and oxygen atoms in total. The van der Waals surface area contributed by atoms with E-state index >= 15 is 0 Å². The summed E-state index contributed by atoms with van der Waals surface area (Å²) in [6, 6.07) is 3.24. The van der Waals surface area contributed by atoms with Gasteiger partial charge in [-0.25, -0.2) is 4.98 Å². The van der Waals surface area contributed by atoms with Gasteiger partial charge in [0.15, 0.2) is 0 Å². The monoisotopic (exact) mass is 316 g/mol. The molecule has 0 aliphatic carbocycles. The van der Waals surface area contributed by atoms with Crippen LogP contribution in [0.2, 0.25) is 0 Å². The number of halogens is 1. The molecular weight excluding hydrogens is 300 g/mol. The van der Waals surface area contributed by atoms with Gasteiger partial charge in [0.25, 0.3) is 5.91 Å². The highest BCUT2D eigenvalue weighted by atomic mass is 79.9. The Balaban J connectivity index is 2.91. The topological polar surface area (TPSA) is 71.5 Å². The molecule has 2 N–H and O–H groups in total. The normalized spacial score (nSPS) is 11.2. The molecule has 1 amide bonds. The highest BCUT2D eigenvalue weighted by molar-refractivity contribution is 9.10. The van der Waals surface area contributed by atoms with Gasteiger partial charge >= 0.3 is 0 Å². The van der Waals surface area contributed by atoms with Gasteiger partial charge in [-0.2, -0.15) is 0 Å². The van der Waals surface area contributed by atoms with Gasteiger partial charge in [-0.15, -0.1) is 0 Å². The Morgan fingerprint density at radius 1 is 1.50 bits per heavy atom. The second kappa shape index (κ2) is 6.15. The summed E-state index contributed by atoms with van der Waals surface area (Å²) in [5.41, 5.74) is -0.817. The van der Waals surface area contributed by atoms with Crippen LogP contribution in [-0.2, 0) is 4.79 Å². The second-order valence-electron chi connectivity index (χ2n) is 3.91. The highest BCUT2D eigenvalue weighted by Crippen LogP contribution is 2.23. The fraction of sp³-hybridized carbons (Fsp3) is 0.500. The number of amides is 1. The Morgan fingerprint density at radius 3 is 2.61 bits per heavy atom. The van der Waals surface area contributed by atoms with E-state index in [1.165, 1.54) is 7.11 Å². The number of hydrogen-bond donors (Lipinski definition) is 2. The molecule has 0 radical (unpaired) electrons. The average Bonchev–Trinajstić information content (AvgIpc) is 2.36. The number of ether oxygens (including phenoxy) is 1. The minimum atomic E-state index is -1.34. The Labute approximate surface area is 115 Å². The van der Waals surface area contributed by atoms with Crippen LogP contribution >= 0.6 is 15.9 Å². The van der Waals surface area contributed by atoms with E-state index in [-0.39, 0.29) is 0 Å². The van der Waals surface area contributed by atoms with Crippen LogP contribution in [0.4, 0.5) is 5.69 Å². The molecule has 0 atom stereocenters. The van der Waals surface area contributed by atoms with Gasteiger partial charge in [0.1, 0.15) is 10.2 Å². The lowest BCUT2D eigenvalue weighted by Crippen LogP contribution is -2.41. The molecule has 0 saturated carbocycles. The van der Waals surface area contributed by atoms with Crippen LogP contribution in [0.1, 0.15) is 26.7 Å². The molecule has 0 unspecified atom stereocenters. The van der Waals surface area contributed by atoms with Crippen molar-refractivity contribution < 1.29 is 14.6 Å². The van der Waals surface area contributed by atoms with Gasteiger partial charge in [0.2, 0.25) is 5.88 Å². The molecule has 1 aromatic heterocycles. The lowest BCUT2D eigenvalue weighted by Gasteiger charge is -2.23. The molecule has 0 aromatic carbocycles. The van der Waals surface area contributed by atoms with Gasteiger partial charge in [0, 0.05) is 11.8 Å². The van der Waals surface area contributed by atoms with E-state index in [1.54, 1.807) is 26.0 Å². The third-order valence-electron chi connectivity index (χ3n) is 2.83. The zero-order chi connectivity index (χ0) is 13.8. The van der Waals surface area contributed by atoms with E-state index in [0.29, 0.717) is 29.0 Å². The maximum Gasteiger partial charge on any atom is 0.256 e. The molecule has 0 aliphatic rings. The minimum Gasteiger partial charge on any atom is -0.481 e. The van der Waals surface area contributed by atoms with Gasteiger partial charge in [-0.3, -0.25) is 4.79 Å². The van der Waals surface area contributed by atoms with E-state index in [4.69, 9.17) is 4.74 Å². The van der Waals surface area contributed by atoms with Gasteiger partial charge < -0.3 is 15.2 Å². The van der Waals surface area contributed by atoms with Crippen molar-refractivity contribution in [2.75, 3.05) is 12.4 Å². The molecule has 1 rings (SSSR count). The highest BCUT2D eigenvalue weighted by Gasteiger charge is 2.31. The third-order valence-corrected chi connectivity index (χ3v) is 3.24. The number of rotatable bonds is 5. The summed E-state index contributed by atoms with van der Waals surface area (Å²) in [5.74, 6) is -0.0381. The average molecular weight is 317 g/mol. The van der Waals surface area contributed by atoms with Crippen LogP contribution in [0.25, 0.3) is 0 Å². The van der Waals surface area contributed by atoms with Crippen molar-refractivity contribution in [2.24, 2.45) is 0 Å². The molecule has 0 aliphatic heterocycles. The van der Waals surface area contributed by atoms with E-state index in [0.717, 1.165) is 0 Å². The Bertz CT molecular complexity index is 433. The SMILES string of the molecule is CCC(O)(CC)C(=O)Nc1cc(Br)nc(OC)c1. The number of aliphatic hydroxyl groups is 1. The molecule has 18 heavy (non-hydrogen) atoms. The molecule has 0 fully saturated rings. The number of anilines is 1. The van der Waals surface area contributed by atoms with Crippen molar-refractivity contribution in [3.8, 4) is 5.88 Å². The molecule has 6 heteroatoms. The van der Waals surface area contributed by atoms with E-state index in [1.807, 2.05) is 0 Å². The Morgan fingerprint density at radius 2 is 2.11 bits per heavy atom. The molecule has 0 spiro atoms. The standard InChI is InChI=1S/C12H17BrN2O3/c1-4-12(17,5-2)11(16)14-8-6-9(13)15-10(7-8)18-3/h6-7,17H,4-5H2,1-3H3,(H,14,15,16). The predicted molar refractivity (Wildman–Crippen MR) is 72.7 cm³/mol. The largest absolute Gasteiger partial charge is 0.481 e. The summed E-state index contributed by atoms with van der Waals surface area (Å²) in [6.45, 7) is 3.54. The first kappa shape index (κ1) is 14.9. The summed E-state index contributed by atoms with van der Waals surface area (Å²) in [5, 5.41) is 12.7. The van der Waals surface area contributed by atoms with Crippen molar-refractivity contribution in [1.82, 2.24) is 4.98 Å². The quantitative estimate of drug-likeness (QED) is 0.818. The number of hydrogen-bond acceptors (Lipinski definition) is 4. The summed E-state index contributed by atoms with van der Waals surface area (Å²) in [4.78, 5) is 16.0. The van der Waals surface area contributed by atoms with Gasteiger partial charge in [-0.1, -0.05) is 13.8 Å². The maximum atomic E-state index is 12.0.